The Balaban J connectivity index is 2.57. The van der Waals surface area contributed by atoms with Crippen LogP contribution in [0.5, 0.6) is 0 Å². The van der Waals surface area contributed by atoms with Gasteiger partial charge in [-0.3, -0.25) is 0 Å². The van der Waals surface area contributed by atoms with Gasteiger partial charge in [-0.25, -0.2) is 0 Å². The smallest absolute Gasteiger partial charge is 0.368 e. The number of hydrogen-bond acceptors (Lipinski definition) is 2. The monoisotopic (exact) mass is 169 g/mol. The van der Waals surface area contributed by atoms with Gasteiger partial charge in [0.2, 0.25) is 0 Å². The molecule has 0 aromatic heterocycles. The molecule has 1 heterocycles. The number of rotatable bonds is 1. The number of ether oxygens (including phenoxy) is 1. The molecule has 2 N–H and O–H groups in total. The van der Waals surface area contributed by atoms with Crippen LogP contribution in [0, 0.1) is 5.92 Å². The summed E-state index contributed by atoms with van der Waals surface area (Å²) in [6, 6.07) is 0. The molecular formula is C6H10F3NO. The minimum absolute atomic E-state index is 0.0458. The molecule has 66 valence electrons. The topological polar surface area (TPSA) is 35.2 Å². The van der Waals surface area contributed by atoms with Crippen LogP contribution >= 0.6 is 0 Å². The second-order valence-electron chi connectivity index (χ2n) is 2.62. The van der Waals surface area contributed by atoms with E-state index in [2.05, 4.69) is 4.74 Å². The maximum absolute atomic E-state index is 12.0. The molecule has 0 spiro atoms. The quantitative estimate of drug-likeness (QED) is 0.633. The summed E-state index contributed by atoms with van der Waals surface area (Å²) >= 11 is 0. The van der Waals surface area contributed by atoms with Crippen molar-refractivity contribution in [1.82, 2.24) is 0 Å². The lowest BCUT2D eigenvalue weighted by Crippen LogP contribution is -2.36. The van der Waals surface area contributed by atoms with Crippen molar-refractivity contribution in [2.75, 3.05) is 13.2 Å². The predicted octanol–water partition coefficient (Wildman–Crippen LogP) is 0.912. The van der Waals surface area contributed by atoms with Crippen LogP contribution in [0.1, 0.15) is 6.42 Å². The van der Waals surface area contributed by atoms with Crippen LogP contribution in [-0.4, -0.2) is 25.4 Å². The summed E-state index contributed by atoms with van der Waals surface area (Å²) in [4.78, 5) is 0. The summed E-state index contributed by atoms with van der Waals surface area (Å²) in [6.45, 7) is 0.218. The molecule has 11 heavy (non-hydrogen) atoms. The molecule has 1 rings (SSSR count). The maximum atomic E-state index is 12.0. The fraction of sp³-hybridized carbons (Fsp3) is 1.00. The third kappa shape index (κ3) is 1.84. The number of nitrogens with two attached hydrogens (primary N) is 1. The highest BCUT2D eigenvalue weighted by molar-refractivity contribution is 4.82. The van der Waals surface area contributed by atoms with Gasteiger partial charge in [0.15, 0.2) is 6.10 Å². The first kappa shape index (κ1) is 8.80. The van der Waals surface area contributed by atoms with Crippen LogP contribution in [0.2, 0.25) is 0 Å². The van der Waals surface area contributed by atoms with Crippen molar-refractivity contribution >= 4 is 0 Å². The lowest BCUT2D eigenvalue weighted by molar-refractivity contribution is -0.215. The zero-order valence-electron chi connectivity index (χ0n) is 5.90. The minimum Gasteiger partial charge on any atom is -0.368 e. The molecule has 2 unspecified atom stereocenters. The maximum Gasteiger partial charge on any atom is 0.414 e. The van der Waals surface area contributed by atoms with Gasteiger partial charge in [-0.2, -0.15) is 13.2 Å². The van der Waals surface area contributed by atoms with E-state index in [0.29, 0.717) is 6.42 Å². The number of halogens is 3. The van der Waals surface area contributed by atoms with Crippen molar-refractivity contribution in [3.63, 3.8) is 0 Å². The molecule has 2 atom stereocenters. The van der Waals surface area contributed by atoms with Gasteiger partial charge in [-0.05, 0) is 13.0 Å². The Morgan fingerprint density at radius 2 is 2.09 bits per heavy atom. The largest absolute Gasteiger partial charge is 0.414 e. The highest BCUT2D eigenvalue weighted by Crippen LogP contribution is 2.33. The van der Waals surface area contributed by atoms with Crippen LogP contribution in [0.25, 0.3) is 0 Å². The van der Waals surface area contributed by atoms with E-state index < -0.39 is 18.2 Å². The van der Waals surface area contributed by atoms with Gasteiger partial charge < -0.3 is 10.5 Å². The number of alkyl halides is 3. The van der Waals surface area contributed by atoms with E-state index in [1.54, 1.807) is 0 Å². The van der Waals surface area contributed by atoms with Gasteiger partial charge in [0.25, 0.3) is 0 Å². The van der Waals surface area contributed by atoms with E-state index in [1.165, 1.54) is 0 Å². The highest BCUT2D eigenvalue weighted by atomic mass is 19.4. The van der Waals surface area contributed by atoms with Crippen molar-refractivity contribution in [2.45, 2.75) is 18.7 Å². The summed E-state index contributed by atoms with van der Waals surface area (Å²) in [6.07, 6.45) is -5.46. The van der Waals surface area contributed by atoms with E-state index >= 15 is 0 Å². The van der Waals surface area contributed by atoms with E-state index in [1.807, 2.05) is 0 Å². The van der Waals surface area contributed by atoms with Gasteiger partial charge in [-0.15, -0.1) is 0 Å². The average molecular weight is 169 g/mol. The van der Waals surface area contributed by atoms with Crippen LogP contribution in [0.3, 0.4) is 0 Å². The molecule has 0 aliphatic carbocycles. The molecule has 0 aromatic rings. The molecule has 2 nitrogen and oxygen atoms in total. The zero-order valence-corrected chi connectivity index (χ0v) is 5.90. The number of hydrogen-bond donors (Lipinski definition) is 1. The van der Waals surface area contributed by atoms with Crippen LogP contribution in [0.4, 0.5) is 13.2 Å². The first-order valence-corrected chi connectivity index (χ1v) is 3.44. The fourth-order valence-corrected chi connectivity index (χ4v) is 1.24. The standard InChI is InChI=1S/C6H10F3NO/c7-6(8,9)5-4(3-10)1-2-11-5/h4-5H,1-3,10H2. The Hall–Kier alpha value is -0.290. The molecule has 1 fully saturated rings. The molecule has 1 aliphatic rings. The molecule has 0 aromatic carbocycles. The molecule has 0 bridgehead atoms. The Morgan fingerprint density at radius 3 is 2.45 bits per heavy atom. The Kier molecular flexibility index (Phi) is 2.39. The van der Waals surface area contributed by atoms with Gasteiger partial charge >= 0.3 is 6.18 Å². The van der Waals surface area contributed by atoms with Crippen LogP contribution in [0.15, 0.2) is 0 Å². The Labute approximate surface area is 62.5 Å². The molecule has 0 amide bonds. The molecule has 5 heteroatoms. The average Bonchev–Trinajstić information content (AvgIpc) is 2.31. The Bertz CT molecular complexity index is 136. The lowest BCUT2D eigenvalue weighted by Gasteiger charge is -2.19. The SMILES string of the molecule is NCC1CCOC1C(F)(F)F. The molecule has 1 saturated heterocycles. The van der Waals surface area contributed by atoms with E-state index in [9.17, 15) is 13.2 Å². The molecular weight excluding hydrogens is 159 g/mol. The third-order valence-corrected chi connectivity index (χ3v) is 1.84. The normalized spacial score (nSPS) is 32.7. The fourth-order valence-electron chi connectivity index (χ4n) is 1.24. The van der Waals surface area contributed by atoms with E-state index in [4.69, 9.17) is 5.73 Å². The van der Waals surface area contributed by atoms with Gasteiger partial charge in [0, 0.05) is 12.5 Å². The van der Waals surface area contributed by atoms with E-state index in [0.717, 1.165) is 0 Å². The first-order chi connectivity index (χ1) is 5.05. The van der Waals surface area contributed by atoms with E-state index in [-0.39, 0.29) is 13.2 Å². The Morgan fingerprint density at radius 1 is 1.45 bits per heavy atom. The van der Waals surface area contributed by atoms with Gasteiger partial charge in [0.1, 0.15) is 0 Å². The van der Waals surface area contributed by atoms with Crippen molar-refractivity contribution in [2.24, 2.45) is 11.7 Å². The van der Waals surface area contributed by atoms with Gasteiger partial charge in [-0.1, -0.05) is 0 Å². The summed E-state index contributed by atoms with van der Waals surface area (Å²) in [5, 5.41) is 0. The van der Waals surface area contributed by atoms with Crippen LogP contribution in [-0.2, 0) is 4.74 Å². The van der Waals surface area contributed by atoms with Crippen LogP contribution < -0.4 is 5.73 Å². The molecule has 0 saturated carbocycles. The van der Waals surface area contributed by atoms with Crippen molar-refractivity contribution in [1.29, 1.82) is 0 Å². The minimum atomic E-state index is -4.25. The predicted molar refractivity (Wildman–Crippen MR) is 33.0 cm³/mol. The summed E-state index contributed by atoms with van der Waals surface area (Å²) in [7, 11) is 0. The lowest BCUT2D eigenvalue weighted by atomic mass is 10.0. The zero-order chi connectivity index (χ0) is 8.48. The summed E-state index contributed by atoms with van der Waals surface area (Å²) in [5.41, 5.74) is 5.14. The van der Waals surface area contributed by atoms with Crippen molar-refractivity contribution in [3.8, 4) is 0 Å². The van der Waals surface area contributed by atoms with Gasteiger partial charge in [0.05, 0.1) is 0 Å². The highest BCUT2D eigenvalue weighted by Gasteiger charge is 2.47. The van der Waals surface area contributed by atoms with Crippen molar-refractivity contribution in [3.05, 3.63) is 0 Å². The molecule has 0 radical (unpaired) electrons. The first-order valence-electron chi connectivity index (χ1n) is 3.44. The summed E-state index contributed by atoms with van der Waals surface area (Å²) in [5.74, 6) is -0.546. The second-order valence-corrected chi connectivity index (χ2v) is 2.62. The summed E-state index contributed by atoms with van der Waals surface area (Å²) < 4.78 is 40.6. The van der Waals surface area contributed by atoms with Crippen molar-refractivity contribution < 1.29 is 17.9 Å². The second kappa shape index (κ2) is 2.98. The molecule has 1 aliphatic heterocycles. The third-order valence-electron chi connectivity index (χ3n) is 1.84.